The van der Waals surface area contributed by atoms with Crippen LogP contribution in [-0.4, -0.2) is 52.9 Å². The van der Waals surface area contributed by atoms with Crippen molar-refractivity contribution in [3.05, 3.63) is 0 Å². The Labute approximate surface area is 121 Å². The molecule has 0 aromatic heterocycles. The molecule has 2 amide bonds. The van der Waals surface area contributed by atoms with E-state index < -0.39 is 11.5 Å². The Hall–Kier alpha value is -1.30. The van der Waals surface area contributed by atoms with Crippen LogP contribution >= 0.6 is 0 Å². The summed E-state index contributed by atoms with van der Waals surface area (Å²) in [4.78, 5) is 24.2. The molecule has 6 heteroatoms. The van der Waals surface area contributed by atoms with Gasteiger partial charge in [-0.3, -0.25) is 4.79 Å². The van der Waals surface area contributed by atoms with Crippen LogP contribution in [0.15, 0.2) is 0 Å². The van der Waals surface area contributed by atoms with Gasteiger partial charge in [0.2, 0.25) is 0 Å². The average molecular weight is 288 g/mol. The summed E-state index contributed by atoms with van der Waals surface area (Å²) in [5, 5.41) is 20.9. The van der Waals surface area contributed by atoms with Crippen LogP contribution < -0.4 is 5.32 Å². The first-order chi connectivity index (χ1) is 9.10. The number of carbonyl (C=O) groups is 2. The van der Waals surface area contributed by atoms with Crippen molar-refractivity contribution < 1.29 is 19.8 Å². The van der Waals surface area contributed by atoms with E-state index in [1.54, 1.807) is 20.9 Å². The molecule has 0 saturated carbocycles. The van der Waals surface area contributed by atoms with Crippen molar-refractivity contribution in [2.45, 2.75) is 46.1 Å². The number of likely N-dealkylation sites (N-methyl/N-ethyl adjacent to an activating group) is 1. The lowest BCUT2D eigenvalue weighted by Gasteiger charge is -2.34. The van der Waals surface area contributed by atoms with E-state index in [0.29, 0.717) is 12.5 Å². The molecular weight excluding hydrogens is 260 g/mol. The molecule has 1 atom stereocenters. The lowest BCUT2D eigenvalue weighted by molar-refractivity contribution is -0.138. The zero-order valence-corrected chi connectivity index (χ0v) is 13.1. The van der Waals surface area contributed by atoms with Crippen molar-refractivity contribution in [3.63, 3.8) is 0 Å². The molecule has 3 N–H and O–H groups in total. The van der Waals surface area contributed by atoms with Crippen molar-refractivity contribution in [1.82, 2.24) is 10.2 Å². The van der Waals surface area contributed by atoms with Crippen molar-refractivity contribution in [1.29, 1.82) is 0 Å². The number of carbonyl (C=O) groups excluding carboxylic acids is 1. The lowest BCUT2D eigenvalue weighted by Crippen LogP contribution is -2.52. The summed E-state index contributed by atoms with van der Waals surface area (Å²) in [7, 11) is 1.61. The van der Waals surface area contributed by atoms with E-state index in [-0.39, 0.29) is 25.0 Å². The molecule has 0 rings (SSSR count). The molecular formula is C14H28N2O4. The Balaban J connectivity index is 4.46. The minimum atomic E-state index is -0.853. The highest BCUT2D eigenvalue weighted by atomic mass is 16.4. The molecule has 6 nitrogen and oxygen atoms in total. The largest absolute Gasteiger partial charge is 0.481 e. The maximum atomic E-state index is 12.0. The lowest BCUT2D eigenvalue weighted by atomic mass is 9.94. The predicted octanol–water partition coefficient (Wildman–Crippen LogP) is 1.54. The van der Waals surface area contributed by atoms with Gasteiger partial charge in [0.15, 0.2) is 0 Å². The number of amides is 2. The van der Waals surface area contributed by atoms with Gasteiger partial charge in [-0.05, 0) is 32.1 Å². The summed E-state index contributed by atoms with van der Waals surface area (Å²) in [6.07, 6.45) is 0.797. The number of urea groups is 1. The monoisotopic (exact) mass is 288 g/mol. The second kappa shape index (κ2) is 8.09. The van der Waals surface area contributed by atoms with Crippen LogP contribution in [0.25, 0.3) is 0 Å². The predicted molar refractivity (Wildman–Crippen MR) is 77.5 cm³/mol. The normalized spacial score (nSPS) is 13.2. The first-order valence-corrected chi connectivity index (χ1v) is 6.94. The number of carboxylic acids is 1. The molecule has 0 aromatic carbocycles. The number of hydrogen-bond acceptors (Lipinski definition) is 3. The molecule has 0 fully saturated rings. The zero-order valence-electron chi connectivity index (χ0n) is 13.1. The molecule has 0 aliphatic rings. The van der Waals surface area contributed by atoms with Crippen LogP contribution in [0.1, 0.15) is 40.5 Å². The summed E-state index contributed by atoms with van der Waals surface area (Å²) in [6, 6.07) is -0.303. The Morgan fingerprint density at radius 1 is 1.30 bits per heavy atom. The van der Waals surface area contributed by atoms with Crippen LogP contribution in [0.5, 0.6) is 0 Å². The van der Waals surface area contributed by atoms with Gasteiger partial charge in [-0.2, -0.15) is 0 Å². The number of aliphatic hydroxyl groups excluding tert-OH is 1. The molecule has 118 valence electrons. The van der Waals surface area contributed by atoms with Gasteiger partial charge in [0, 0.05) is 20.0 Å². The fraction of sp³-hybridized carbons (Fsp3) is 0.857. The summed E-state index contributed by atoms with van der Waals surface area (Å²) in [6.45, 7) is 7.76. The number of aliphatic carboxylic acids is 1. The standard InChI is InChI=1S/C14H28N2O4/c1-10(2)6-11(7-12(18)19)8-15-13(20)16(5)14(3,4)9-17/h10-11,17H,6-9H2,1-5H3,(H,15,20)(H,18,19)/t11-/m0/s1. The summed E-state index contributed by atoms with van der Waals surface area (Å²) in [5.41, 5.74) is -0.648. The second-order valence-corrected chi connectivity index (χ2v) is 6.31. The minimum Gasteiger partial charge on any atom is -0.481 e. The molecule has 0 spiro atoms. The van der Waals surface area contributed by atoms with Crippen molar-refractivity contribution >= 4 is 12.0 Å². The molecule has 0 aromatic rings. The van der Waals surface area contributed by atoms with Gasteiger partial charge in [-0.1, -0.05) is 13.8 Å². The fourth-order valence-electron chi connectivity index (χ4n) is 1.88. The first kappa shape index (κ1) is 18.7. The quantitative estimate of drug-likeness (QED) is 0.632. The highest BCUT2D eigenvalue weighted by Crippen LogP contribution is 2.16. The Morgan fingerprint density at radius 2 is 1.85 bits per heavy atom. The number of carboxylic acid groups (broad SMARTS) is 1. The number of aliphatic hydroxyl groups is 1. The maximum absolute atomic E-state index is 12.0. The molecule has 20 heavy (non-hydrogen) atoms. The van der Waals surface area contributed by atoms with E-state index >= 15 is 0 Å². The molecule has 0 aliphatic carbocycles. The van der Waals surface area contributed by atoms with E-state index in [2.05, 4.69) is 5.32 Å². The van der Waals surface area contributed by atoms with Crippen LogP contribution in [0.3, 0.4) is 0 Å². The number of nitrogens with one attached hydrogen (secondary N) is 1. The Bertz CT molecular complexity index is 329. The van der Waals surface area contributed by atoms with Crippen molar-refractivity contribution in [2.75, 3.05) is 20.2 Å². The van der Waals surface area contributed by atoms with Gasteiger partial charge < -0.3 is 20.4 Å². The fourth-order valence-corrected chi connectivity index (χ4v) is 1.88. The number of hydrogen-bond donors (Lipinski definition) is 3. The zero-order chi connectivity index (χ0) is 15.9. The summed E-state index contributed by atoms with van der Waals surface area (Å²) in [5.74, 6) is -0.557. The third-order valence-corrected chi connectivity index (χ3v) is 3.41. The minimum absolute atomic E-state index is 0.0472. The molecule has 0 radical (unpaired) electrons. The van der Waals surface area contributed by atoms with E-state index in [9.17, 15) is 14.7 Å². The molecule has 0 bridgehead atoms. The summed E-state index contributed by atoms with van der Waals surface area (Å²) < 4.78 is 0. The number of nitrogens with zero attached hydrogens (tertiary/aromatic N) is 1. The maximum Gasteiger partial charge on any atom is 0.317 e. The molecule has 0 unspecified atom stereocenters. The highest BCUT2D eigenvalue weighted by Gasteiger charge is 2.27. The van der Waals surface area contributed by atoms with Gasteiger partial charge >= 0.3 is 12.0 Å². The smallest absolute Gasteiger partial charge is 0.317 e. The van der Waals surface area contributed by atoms with E-state index in [1.807, 2.05) is 13.8 Å². The van der Waals surface area contributed by atoms with Crippen LogP contribution in [-0.2, 0) is 4.79 Å². The molecule has 0 heterocycles. The van der Waals surface area contributed by atoms with Crippen LogP contribution in [0, 0.1) is 11.8 Å². The average Bonchev–Trinajstić information content (AvgIpc) is 2.33. The van der Waals surface area contributed by atoms with E-state index in [1.165, 1.54) is 4.90 Å². The van der Waals surface area contributed by atoms with Crippen molar-refractivity contribution in [2.24, 2.45) is 11.8 Å². The third kappa shape index (κ3) is 6.75. The summed E-state index contributed by atoms with van der Waals surface area (Å²) >= 11 is 0. The Morgan fingerprint density at radius 3 is 2.25 bits per heavy atom. The molecule has 0 aliphatic heterocycles. The first-order valence-electron chi connectivity index (χ1n) is 6.94. The topological polar surface area (TPSA) is 89.9 Å². The van der Waals surface area contributed by atoms with Gasteiger partial charge in [0.25, 0.3) is 0 Å². The third-order valence-electron chi connectivity index (χ3n) is 3.41. The highest BCUT2D eigenvalue weighted by molar-refractivity contribution is 5.74. The van der Waals surface area contributed by atoms with E-state index in [0.717, 1.165) is 6.42 Å². The van der Waals surface area contributed by atoms with Gasteiger partial charge in [-0.25, -0.2) is 4.79 Å². The van der Waals surface area contributed by atoms with E-state index in [4.69, 9.17) is 5.11 Å². The van der Waals surface area contributed by atoms with Crippen LogP contribution in [0.4, 0.5) is 4.79 Å². The Kier molecular flexibility index (Phi) is 7.57. The second-order valence-electron chi connectivity index (χ2n) is 6.31. The van der Waals surface area contributed by atoms with Crippen molar-refractivity contribution in [3.8, 4) is 0 Å². The van der Waals surface area contributed by atoms with Gasteiger partial charge in [0.05, 0.1) is 12.1 Å². The number of rotatable bonds is 8. The van der Waals surface area contributed by atoms with Crippen LogP contribution in [0.2, 0.25) is 0 Å². The molecule has 0 saturated heterocycles. The SMILES string of the molecule is CC(C)C[C@H](CNC(=O)N(C)C(C)(C)CO)CC(=O)O. The van der Waals surface area contributed by atoms with Gasteiger partial charge in [-0.15, -0.1) is 0 Å². The van der Waals surface area contributed by atoms with Gasteiger partial charge in [0.1, 0.15) is 0 Å².